The fourth-order valence-electron chi connectivity index (χ4n) is 1.77. The van der Waals surface area contributed by atoms with E-state index < -0.39 is 0 Å². The van der Waals surface area contributed by atoms with E-state index in [1.165, 1.54) is 0 Å². The third-order valence-corrected chi connectivity index (χ3v) is 3.19. The van der Waals surface area contributed by atoms with Gasteiger partial charge in [0.05, 0.1) is 7.11 Å². The van der Waals surface area contributed by atoms with Crippen LogP contribution in [0.25, 0.3) is 0 Å². The van der Waals surface area contributed by atoms with Crippen LogP contribution >= 0.6 is 0 Å². The molecule has 1 aromatic rings. The second-order valence-electron chi connectivity index (χ2n) is 5.02. The molecule has 0 fully saturated rings. The maximum atomic E-state index is 11.7. The summed E-state index contributed by atoms with van der Waals surface area (Å²) in [6, 6.07) is 7.75. The smallest absolute Gasteiger partial charge is 0.221 e. The van der Waals surface area contributed by atoms with Gasteiger partial charge >= 0.3 is 0 Å². The van der Waals surface area contributed by atoms with Gasteiger partial charge in [-0.05, 0) is 24.0 Å². The van der Waals surface area contributed by atoms with Gasteiger partial charge in [-0.1, -0.05) is 32.0 Å². The second-order valence-corrected chi connectivity index (χ2v) is 5.02. The van der Waals surface area contributed by atoms with Crippen LogP contribution in [0.4, 0.5) is 0 Å². The van der Waals surface area contributed by atoms with Crippen LogP contribution in [-0.2, 0) is 11.2 Å². The third-order valence-electron chi connectivity index (χ3n) is 3.19. The monoisotopic (exact) mass is 264 g/mol. The number of hydrogen-bond acceptors (Lipinski definition) is 3. The van der Waals surface area contributed by atoms with E-state index in [0.29, 0.717) is 18.9 Å². The van der Waals surface area contributed by atoms with Crippen molar-refractivity contribution in [3.8, 4) is 5.75 Å². The van der Waals surface area contributed by atoms with Crippen LogP contribution in [0.1, 0.15) is 25.8 Å². The molecule has 0 bridgehead atoms. The van der Waals surface area contributed by atoms with Crippen molar-refractivity contribution in [3.05, 3.63) is 29.8 Å². The molecule has 19 heavy (non-hydrogen) atoms. The second kappa shape index (κ2) is 7.79. The maximum absolute atomic E-state index is 11.7. The van der Waals surface area contributed by atoms with Gasteiger partial charge in [-0.15, -0.1) is 0 Å². The molecule has 1 amide bonds. The number of rotatable bonds is 7. The fourth-order valence-corrected chi connectivity index (χ4v) is 1.77. The first-order valence-electron chi connectivity index (χ1n) is 6.68. The van der Waals surface area contributed by atoms with Gasteiger partial charge in [0.1, 0.15) is 5.75 Å². The number of carbonyl (C=O) groups is 1. The quantitative estimate of drug-likeness (QED) is 0.788. The summed E-state index contributed by atoms with van der Waals surface area (Å²) in [7, 11) is 1.65. The molecular weight excluding hydrogens is 240 g/mol. The highest BCUT2D eigenvalue weighted by atomic mass is 16.5. The lowest BCUT2D eigenvalue weighted by Crippen LogP contribution is -2.35. The summed E-state index contributed by atoms with van der Waals surface area (Å²) in [5, 5.41) is 2.89. The molecule has 4 nitrogen and oxygen atoms in total. The summed E-state index contributed by atoms with van der Waals surface area (Å²) in [6.45, 7) is 4.64. The van der Waals surface area contributed by atoms with Crippen molar-refractivity contribution in [1.82, 2.24) is 5.32 Å². The Morgan fingerprint density at radius 1 is 1.37 bits per heavy atom. The van der Waals surface area contributed by atoms with Gasteiger partial charge in [0.2, 0.25) is 5.91 Å². The van der Waals surface area contributed by atoms with E-state index in [4.69, 9.17) is 10.5 Å². The van der Waals surface area contributed by atoms with Gasteiger partial charge in [0.25, 0.3) is 0 Å². The van der Waals surface area contributed by atoms with Gasteiger partial charge in [-0.3, -0.25) is 4.79 Å². The third kappa shape index (κ3) is 5.30. The number of para-hydroxylation sites is 1. The zero-order valence-electron chi connectivity index (χ0n) is 12.0. The summed E-state index contributed by atoms with van der Waals surface area (Å²) < 4.78 is 5.27. The Bertz CT molecular complexity index is 405. The SMILES string of the molecule is COc1ccccc1CCNC(=O)CC(N)C(C)C. The molecule has 0 spiro atoms. The minimum atomic E-state index is -0.0775. The summed E-state index contributed by atoms with van der Waals surface area (Å²) >= 11 is 0. The molecule has 0 aliphatic heterocycles. The van der Waals surface area contributed by atoms with Crippen molar-refractivity contribution in [2.45, 2.75) is 32.7 Å². The molecule has 0 saturated heterocycles. The lowest BCUT2D eigenvalue weighted by atomic mass is 10.0. The molecule has 4 heteroatoms. The van der Waals surface area contributed by atoms with Gasteiger partial charge < -0.3 is 15.8 Å². The highest BCUT2D eigenvalue weighted by Gasteiger charge is 2.12. The van der Waals surface area contributed by atoms with E-state index in [0.717, 1.165) is 17.7 Å². The molecule has 1 rings (SSSR count). The van der Waals surface area contributed by atoms with Crippen molar-refractivity contribution in [2.75, 3.05) is 13.7 Å². The average Bonchev–Trinajstić information content (AvgIpc) is 2.39. The first-order valence-corrected chi connectivity index (χ1v) is 6.68. The number of nitrogens with one attached hydrogen (secondary N) is 1. The Morgan fingerprint density at radius 3 is 2.68 bits per heavy atom. The predicted molar refractivity (Wildman–Crippen MR) is 77.1 cm³/mol. The Hall–Kier alpha value is -1.55. The van der Waals surface area contributed by atoms with E-state index in [2.05, 4.69) is 5.32 Å². The molecule has 0 radical (unpaired) electrons. The van der Waals surface area contributed by atoms with Gasteiger partial charge in [-0.25, -0.2) is 0 Å². The van der Waals surface area contributed by atoms with Crippen molar-refractivity contribution in [2.24, 2.45) is 11.7 Å². The topological polar surface area (TPSA) is 64.3 Å². The Kier molecular flexibility index (Phi) is 6.36. The lowest BCUT2D eigenvalue weighted by Gasteiger charge is -2.15. The van der Waals surface area contributed by atoms with Crippen LogP contribution in [0, 0.1) is 5.92 Å². The highest BCUT2D eigenvalue weighted by molar-refractivity contribution is 5.76. The lowest BCUT2D eigenvalue weighted by molar-refractivity contribution is -0.121. The average molecular weight is 264 g/mol. The number of carbonyl (C=O) groups excluding carboxylic acids is 1. The molecule has 0 aliphatic rings. The zero-order chi connectivity index (χ0) is 14.3. The van der Waals surface area contributed by atoms with Crippen molar-refractivity contribution in [3.63, 3.8) is 0 Å². The maximum Gasteiger partial charge on any atom is 0.221 e. The summed E-state index contributed by atoms with van der Waals surface area (Å²) in [6.07, 6.45) is 1.14. The molecule has 1 aromatic carbocycles. The normalized spacial score (nSPS) is 12.3. The molecule has 1 atom stereocenters. The van der Waals surface area contributed by atoms with Crippen molar-refractivity contribution in [1.29, 1.82) is 0 Å². The molecule has 1 unspecified atom stereocenters. The van der Waals surface area contributed by atoms with E-state index in [1.807, 2.05) is 38.1 Å². The molecule has 0 aliphatic carbocycles. The van der Waals surface area contributed by atoms with E-state index in [-0.39, 0.29) is 11.9 Å². The summed E-state index contributed by atoms with van der Waals surface area (Å²) in [5.41, 5.74) is 6.96. The van der Waals surface area contributed by atoms with Gasteiger partial charge in [0.15, 0.2) is 0 Å². The van der Waals surface area contributed by atoms with Crippen molar-refractivity contribution >= 4 is 5.91 Å². The number of methoxy groups -OCH3 is 1. The Balaban J connectivity index is 2.36. The number of amides is 1. The van der Waals surface area contributed by atoms with Crippen molar-refractivity contribution < 1.29 is 9.53 Å². The van der Waals surface area contributed by atoms with Crippen LogP contribution in [-0.4, -0.2) is 25.6 Å². The van der Waals surface area contributed by atoms with E-state index >= 15 is 0 Å². The van der Waals surface area contributed by atoms with E-state index in [1.54, 1.807) is 7.11 Å². The molecule has 0 heterocycles. The minimum Gasteiger partial charge on any atom is -0.496 e. The number of nitrogens with two attached hydrogens (primary N) is 1. The molecule has 3 N–H and O–H groups in total. The Morgan fingerprint density at radius 2 is 2.05 bits per heavy atom. The van der Waals surface area contributed by atoms with E-state index in [9.17, 15) is 4.79 Å². The first-order chi connectivity index (χ1) is 9.04. The fraction of sp³-hybridized carbons (Fsp3) is 0.533. The molecule has 106 valence electrons. The molecular formula is C15H24N2O2. The first kappa shape index (κ1) is 15.5. The zero-order valence-corrected chi connectivity index (χ0v) is 12.0. The standard InChI is InChI=1S/C15H24N2O2/c1-11(2)13(16)10-15(18)17-9-8-12-6-4-5-7-14(12)19-3/h4-7,11,13H,8-10,16H2,1-3H3,(H,17,18). The van der Waals surface area contributed by atoms with Crippen LogP contribution in [0.3, 0.4) is 0 Å². The largest absolute Gasteiger partial charge is 0.496 e. The molecule has 0 aromatic heterocycles. The number of benzene rings is 1. The summed E-state index contributed by atoms with van der Waals surface area (Å²) in [5.74, 6) is 1.19. The molecule has 0 saturated carbocycles. The highest BCUT2D eigenvalue weighted by Crippen LogP contribution is 2.17. The van der Waals surface area contributed by atoms with Crippen LogP contribution in [0.2, 0.25) is 0 Å². The number of ether oxygens (including phenoxy) is 1. The van der Waals surface area contributed by atoms with Gasteiger partial charge in [-0.2, -0.15) is 0 Å². The van der Waals surface area contributed by atoms with Crippen LogP contribution in [0.15, 0.2) is 24.3 Å². The number of hydrogen-bond donors (Lipinski definition) is 2. The minimum absolute atomic E-state index is 0.0103. The predicted octanol–water partition coefficient (Wildman–Crippen LogP) is 1.73. The summed E-state index contributed by atoms with van der Waals surface area (Å²) in [4.78, 5) is 11.7. The van der Waals surface area contributed by atoms with Crippen LogP contribution < -0.4 is 15.8 Å². The van der Waals surface area contributed by atoms with Crippen LogP contribution in [0.5, 0.6) is 5.75 Å². The Labute approximate surface area is 115 Å². The van der Waals surface area contributed by atoms with Gasteiger partial charge in [0, 0.05) is 19.0 Å².